The van der Waals surface area contributed by atoms with E-state index in [0.29, 0.717) is 6.42 Å². The Labute approximate surface area is 150 Å². The second-order valence-corrected chi connectivity index (χ2v) is 7.63. The number of rotatable bonds is 6. The fourth-order valence-corrected chi connectivity index (χ4v) is 3.29. The third kappa shape index (κ3) is 5.45. The van der Waals surface area contributed by atoms with Crippen molar-refractivity contribution in [1.82, 2.24) is 5.32 Å². The zero-order valence-electron chi connectivity index (χ0n) is 15.6. The molecule has 3 atom stereocenters. The van der Waals surface area contributed by atoms with Crippen molar-refractivity contribution in [3.8, 4) is 0 Å². The van der Waals surface area contributed by atoms with Gasteiger partial charge in [0.2, 0.25) is 5.91 Å². The number of amides is 1. The van der Waals surface area contributed by atoms with Crippen molar-refractivity contribution in [1.29, 1.82) is 0 Å². The normalized spacial score (nSPS) is 23.7. The largest absolute Gasteiger partial charge is 0.458 e. The third-order valence-corrected chi connectivity index (χ3v) is 4.36. The summed E-state index contributed by atoms with van der Waals surface area (Å²) in [6.45, 7) is 7.61. The fourth-order valence-electron chi connectivity index (χ4n) is 3.29. The number of benzene rings is 1. The molecule has 0 aromatic heterocycles. The van der Waals surface area contributed by atoms with Gasteiger partial charge in [-0.25, -0.2) is 4.79 Å². The first-order valence-electron chi connectivity index (χ1n) is 9.06. The van der Waals surface area contributed by atoms with Crippen LogP contribution in [0.1, 0.15) is 52.5 Å². The molecule has 2 rings (SSSR count). The molecule has 136 valence electrons. The monoisotopic (exact) mass is 343 g/mol. The van der Waals surface area contributed by atoms with Crippen LogP contribution in [0, 0.1) is 11.8 Å². The highest BCUT2D eigenvalue weighted by atomic mass is 16.6. The highest BCUT2D eigenvalue weighted by molar-refractivity contribution is 5.90. The molecule has 4 heteroatoms. The van der Waals surface area contributed by atoms with Crippen LogP contribution in [-0.2, 0) is 14.3 Å². The second-order valence-electron chi connectivity index (χ2n) is 7.63. The Balaban J connectivity index is 2.07. The van der Waals surface area contributed by atoms with Crippen LogP contribution in [0.2, 0.25) is 0 Å². The Morgan fingerprint density at radius 1 is 1.24 bits per heavy atom. The molecular weight excluding hydrogens is 314 g/mol. The van der Waals surface area contributed by atoms with Gasteiger partial charge in [-0.2, -0.15) is 0 Å². The Kier molecular flexibility index (Phi) is 6.40. The van der Waals surface area contributed by atoms with Crippen molar-refractivity contribution in [2.75, 3.05) is 0 Å². The predicted molar refractivity (Wildman–Crippen MR) is 99.8 cm³/mol. The van der Waals surface area contributed by atoms with E-state index >= 15 is 0 Å². The van der Waals surface area contributed by atoms with Crippen LogP contribution < -0.4 is 5.32 Å². The lowest BCUT2D eigenvalue weighted by Crippen LogP contribution is -2.41. The Hall–Kier alpha value is -2.10. The maximum atomic E-state index is 12.5. The summed E-state index contributed by atoms with van der Waals surface area (Å²) in [4.78, 5) is 24.9. The van der Waals surface area contributed by atoms with Gasteiger partial charge in [-0.3, -0.25) is 4.79 Å². The van der Waals surface area contributed by atoms with E-state index in [9.17, 15) is 9.59 Å². The standard InChI is InChI=1S/C21H29NO3/c1-5-10-16-17(14-9-13-15-11-7-6-8-12-15)19(23)22-18(16)20(24)25-21(2,3)4/h6-9,11-13,16-18H,5,10,14H2,1-4H3,(H,22,23)/b13-9+/t16-,17+,18-/m0/s1. The summed E-state index contributed by atoms with van der Waals surface area (Å²) < 4.78 is 5.50. The average Bonchev–Trinajstić information content (AvgIpc) is 2.84. The summed E-state index contributed by atoms with van der Waals surface area (Å²) in [6, 6.07) is 9.46. The number of ether oxygens (including phenoxy) is 1. The minimum absolute atomic E-state index is 0.0206. The maximum absolute atomic E-state index is 12.5. The first-order chi connectivity index (χ1) is 11.8. The molecular formula is C21H29NO3. The van der Waals surface area contributed by atoms with Crippen LogP contribution in [0.3, 0.4) is 0 Å². The number of hydrogen-bond acceptors (Lipinski definition) is 3. The molecule has 1 aromatic carbocycles. The van der Waals surface area contributed by atoms with Gasteiger partial charge in [-0.05, 0) is 39.2 Å². The zero-order chi connectivity index (χ0) is 18.4. The molecule has 1 aromatic rings. The van der Waals surface area contributed by atoms with Crippen molar-refractivity contribution in [3.05, 3.63) is 42.0 Å². The third-order valence-electron chi connectivity index (χ3n) is 4.36. The lowest BCUT2D eigenvalue weighted by Gasteiger charge is -2.25. The van der Waals surface area contributed by atoms with Crippen LogP contribution in [0.25, 0.3) is 6.08 Å². The minimum atomic E-state index is -0.552. The van der Waals surface area contributed by atoms with E-state index in [1.54, 1.807) is 0 Å². The lowest BCUT2D eigenvalue weighted by molar-refractivity contribution is -0.158. The quantitative estimate of drug-likeness (QED) is 0.795. The molecule has 4 nitrogen and oxygen atoms in total. The van der Waals surface area contributed by atoms with Crippen LogP contribution in [0.15, 0.2) is 36.4 Å². The summed E-state index contributed by atoms with van der Waals surface area (Å²) in [5.74, 6) is -0.578. The van der Waals surface area contributed by atoms with Gasteiger partial charge in [0.25, 0.3) is 0 Å². The van der Waals surface area contributed by atoms with E-state index in [1.807, 2.05) is 63.3 Å². The molecule has 0 bridgehead atoms. The van der Waals surface area contributed by atoms with Crippen molar-refractivity contribution in [3.63, 3.8) is 0 Å². The first-order valence-corrected chi connectivity index (χ1v) is 9.06. The molecule has 1 aliphatic rings. The van der Waals surface area contributed by atoms with Crippen LogP contribution >= 0.6 is 0 Å². The fraction of sp³-hybridized carbons (Fsp3) is 0.524. The smallest absolute Gasteiger partial charge is 0.329 e. The SMILES string of the molecule is CCC[C@@H]1[C@@H](C(=O)OC(C)(C)C)NC(=O)[C@@H]1C/C=C/c1ccccc1. The first kappa shape index (κ1) is 19.2. The number of hydrogen-bond donors (Lipinski definition) is 1. The molecule has 1 heterocycles. The Morgan fingerprint density at radius 3 is 2.52 bits per heavy atom. The molecule has 1 aliphatic heterocycles. The van der Waals surface area contributed by atoms with Gasteiger partial charge in [0.1, 0.15) is 11.6 Å². The van der Waals surface area contributed by atoms with E-state index in [0.717, 1.165) is 18.4 Å². The number of allylic oxidation sites excluding steroid dienone is 1. The molecule has 1 N–H and O–H groups in total. The highest BCUT2D eigenvalue weighted by Crippen LogP contribution is 2.32. The van der Waals surface area contributed by atoms with Gasteiger partial charge in [-0.1, -0.05) is 55.8 Å². The van der Waals surface area contributed by atoms with Gasteiger partial charge in [0.05, 0.1) is 0 Å². The Bertz CT molecular complexity index is 616. The van der Waals surface area contributed by atoms with E-state index in [-0.39, 0.29) is 23.7 Å². The van der Waals surface area contributed by atoms with E-state index in [1.165, 1.54) is 0 Å². The van der Waals surface area contributed by atoms with E-state index < -0.39 is 11.6 Å². The van der Waals surface area contributed by atoms with E-state index in [2.05, 4.69) is 12.2 Å². The van der Waals surface area contributed by atoms with Crippen molar-refractivity contribution in [2.45, 2.75) is 58.6 Å². The summed E-state index contributed by atoms with van der Waals surface area (Å²) in [7, 11) is 0. The molecule has 0 unspecified atom stereocenters. The topological polar surface area (TPSA) is 55.4 Å². The van der Waals surface area contributed by atoms with E-state index in [4.69, 9.17) is 4.74 Å². The molecule has 25 heavy (non-hydrogen) atoms. The van der Waals surface area contributed by atoms with Gasteiger partial charge < -0.3 is 10.1 Å². The zero-order valence-corrected chi connectivity index (χ0v) is 15.6. The number of nitrogens with one attached hydrogen (secondary N) is 1. The predicted octanol–water partition coefficient (Wildman–Crippen LogP) is 3.96. The molecule has 0 spiro atoms. The molecule has 1 amide bonds. The molecule has 0 aliphatic carbocycles. The molecule has 1 saturated heterocycles. The van der Waals surface area contributed by atoms with Crippen molar-refractivity contribution in [2.24, 2.45) is 11.8 Å². The van der Waals surface area contributed by atoms with Gasteiger partial charge in [-0.15, -0.1) is 0 Å². The molecule has 1 fully saturated rings. The van der Waals surface area contributed by atoms with Crippen LogP contribution in [-0.4, -0.2) is 23.5 Å². The summed E-state index contributed by atoms with van der Waals surface area (Å²) >= 11 is 0. The summed E-state index contributed by atoms with van der Waals surface area (Å²) in [5.41, 5.74) is 0.556. The average molecular weight is 343 g/mol. The number of carbonyl (C=O) groups is 2. The minimum Gasteiger partial charge on any atom is -0.458 e. The van der Waals surface area contributed by atoms with Crippen molar-refractivity contribution >= 4 is 18.0 Å². The second kappa shape index (κ2) is 8.32. The summed E-state index contributed by atoms with van der Waals surface area (Å²) in [5, 5.41) is 2.86. The highest BCUT2D eigenvalue weighted by Gasteiger charge is 2.45. The van der Waals surface area contributed by atoms with Gasteiger partial charge >= 0.3 is 5.97 Å². The molecule has 0 radical (unpaired) electrons. The van der Waals surface area contributed by atoms with Gasteiger partial charge in [0.15, 0.2) is 0 Å². The lowest BCUT2D eigenvalue weighted by atomic mass is 9.84. The van der Waals surface area contributed by atoms with Crippen LogP contribution in [0.5, 0.6) is 0 Å². The summed E-state index contributed by atoms with van der Waals surface area (Å²) in [6.07, 6.45) is 6.44. The van der Waals surface area contributed by atoms with Gasteiger partial charge in [0, 0.05) is 11.8 Å². The Morgan fingerprint density at radius 2 is 1.92 bits per heavy atom. The number of esters is 1. The van der Waals surface area contributed by atoms with Crippen LogP contribution in [0.4, 0.5) is 0 Å². The maximum Gasteiger partial charge on any atom is 0.329 e. The van der Waals surface area contributed by atoms with Crippen molar-refractivity contribution < 1.29 is 14.3 Å². The molecule has 0 saturated carbocycles. The number of carbonyl (C=O) groups excluding carboxylic acids is 2.